The fourth-order valence-electron chi connectivity index (χ4n) is 3.77. The van der Waals surface area contributed by atoms with Gasteiger partial charge in [-0.25, -0.2) is 9.97 Å². The van der Waals surface area contributed by atoms with E-state index in [-0.39, 0.29) is 17.8 Å². The SMILES string of the molecule is CCCCOc1cccc(-c2nc([C@H]3C[C@@H](C(=O)OC)C3)n3ccnc(Cl)c23)c1. The molecule has 0 unspecified atom stereocenters. The quantitative estimate of drug-likeness (QED) is 0.407. The van der Waals surface area contributed by atoms with Crippen LogP contribution in [0.3, 0.4) is 0 Å². The number of unbranched alkanes of at least 4 members (excludes halogenated alkanes) is 1. The van der Waals surface area contributed by atoms with Gasteiger partial charge >= 0.3 is 5.97 Å². The molecule has 1 aliphatic rings. The number of hydrogen-bond donors (Lipinski definition) is 0. The highest BCUT2D eigenvalue weighted by atomic mass is 35.5. The van der Waals surface area contributed by atoms with Crippen molar-refractivity contribution in [3.05, 3.63) is 47.6 Å². The van der Waals surface area contributed by atoms with Crippen molar-refractivity contribution in [1.29, 1.82) is 0 Å². The molecule has 1 aromatic carbocycles. The lowest BCUT2D eigenvalue weighted by Gasteiger charge is -2.32. The van der Waals surface area contributed by atoms with Crippen molar-refractivity contribution >= 4 is 23.1 Å². The highest BCUT2D eigenvalue weighted by molar-refractivity contribution is 6.33. The maximum absolute atomic E-state index is 11.8. The van der Waals surface area contributed by atoms with E-state index in [0.29, 0.717) is 11.8 Å². The van der Waals surface area contributed by atoms with Crippen LogP contribution in [0.1, 0.15) is 44.3 Å². The molecule has 3 aromatic rings. The number of hydrogen-bond acceptors (Lipinski definition) is 5. The molecule has 29 heavy (non-hydrogen) atoms. The van der Waals surface area contributed by atoms with Crippen LogP contribution in [0.4, 0.5) is 0 Å². The summed E-state index contributed by atoms with van der Waals surface area (Å²) in [5.74, 6) is 1.68. The van der Waals surface area contributed by atoms with Crippen molar-refractivity contribution < 1.29 is 14.3 Å². The molecular formula is C22H24ClN3O3. The summed E-state index contributed by atoms with van der Waals surface area (Å²) in [5.41, 5.74) is 2.48. The number of ether oxygens (including phenoxy) is 2. The highest BCUT2D eigenvalue weighted by Crippen LogP contribution is 2.43. The van der Waals surface area contributed by atoms with Gasteiger partial charge in [-0.05, 0) is 31.4 Å². The number of benzene rings is 1. The number of methoxy groups -OCH3 is 1. The van der Waals surface area contributed by atoms with Crippen LogP contribution in [0.25, 0.3) is 16.8 Å². The molecule has 0 radical (unpaired) electrons. The first-order chi connectivity index (χ1) is 14.1. The Bertz CT molecular complexity index is 1030. The molecule has 2 aromatic heterocycles. The van der Waals surface area contributed by atoms with Crippen molar-refractivity contribution in [3.8, 4) is 17.0 Å². The Kier molecular flexibility index (Phi) is 5.72. The van der Waals surface area contributed by atoms with Crippen LogP contribution < -0.4 is 4.74 Å². The van der Waals surface area contributed by atoms with E-state index in [9.17, 15) is 4.79 Å². The number of imidazole rings is 1. The second-order valence-corrected chi connectivity index (χ2v) is 7.73. The Morgan fingerprint density at radius 2 is 2.17 bits per heavy atom. The predicted octanol–water partition coefficient (Wildman–Crippen LogP) is 4.90. The van der Waals surface area contributed by atoms with Crippen LogP contribution in [0.2, 0.25) is 5.15 Å². The molecule has 0 bridgehead atoms. The van der Waals surface area contributed by atoms with Gasteiger partial charge in [-0.2, -0.15) is 0 Å². The minimum Gasteiger partial charge on any atom is -0.494 e. The normalized spacial score (nSPS) is 18.4. The number of halogens is 1. The Labute approximate surface area is 174 Å². The van der Waals surface area contributed by atoms with Crippen molar-refractivity contribution in [2.75, 3.05) is 13.7 Å². The molecule has 1 aliphatic carbocycles. The van der Waals surface area contributed by atoms with Gasteiger partial charge in [-0.3, -0.25) is 9.20 Å². The van der Waals surface area contributed by atoms with Crippen LogP contribution in [0.15, 0.2) is 36.7 Å². The third-order valence-electron chi connectivity index (χ3n) is 5.45. The first-order valence-corrected chi connectivity index (χ1v) is 10.3. The van der Waals surface area contributed by atoms with E-state index >= 15 is 0 Å². The number of rotatable bonds is 7. The lowest BCUT2D eigenvalue weighted by molar-refractivity contribution is -0.149. The van der Waals surface area contributed by atoms with E-state index in [2.05, 4.69) is 11.9 Å². The van der Waals surface area contributed by atoms with Gasteiger partial charge in [0.15, 0.2) is 5.15 Å². The summed E-state index contributed by atoms with van der Waals surface area (Å²) in [4.78, 5) is 20.9. The summed E-state index contributed by atoms with van der Waals surface area (Å²) in [5, 5.41) is 0.405. The molecular weight excluding hydrogens is 390 g/mol. The molecule has 0 aliphatic heterocycles. The fraction of sp³-hybridized carbons (Fsp3) is 0.409. The van der Waals surface area contributed by atoms with E-state index in [1.165, 1.54) is 7.11 Å². The van der Waals surface area contributed by atoms with E-state index in [1.807, 2.05) is 34.9 Å². The first kappa shape index (κ1) is 19.7. The molecule has 0 atom stereocenters. The monoisotopic (exact) mass is 413 g/mol. The molecule has 2 heterocycles. The Morgan fingerprint density at radius 1 is 1.34 bits per heavy atom. The second-order valence-electron chi connectivity index (χ2n) is 7.37. The van der Waals surface area contributed by atoms with Crippen molar-refractivity contribution in [2.24, 2.45) is 5.92 Å². The van der Waals surface area contributed by atoms with E-state index < -0.39 is 0 Å². The summed E-state index contributed by atoms with van der Waals surface area (Å²) in [7, 11) is 1.43. The maximum atomic E-state index is 11.8. The lowest BCUT2D eigenvalue weighted by atomic mass is 9.74. The van der Waals surface area contributed by atoms with Crippen molar-refractivity contribution in [1.82, 2.24) is 14.4 Å². The zero-order chi connectivity index (χ0) is 20.4. The van der Waals surface area contributed by atoms with Crippen LogP contribution >= 0.6 is 11.6 Å². The van der Waals surface area contributed by atoms with Gasteiger partial charge in [-0.15, -0.1) is 0 Å². The van der Waals surface area contributed by atoms with Gasteiger partial charge in [0.25, 0.3) is 0 Å². The van der Waals surface area contributed by atoms with Gasteiger partial charge < -0.3 is 9.47 Å². The third-order valence-corrected chi connectivity index (χ3v) is 5.73. The number of esters is 1. The van der Waals surface area contributed by atoms with E-state index in [0.717, 1.165) is 54.0 Å². The molecule has 0 spiro atoms. The molecule has 1 fully saturated rings. The van der Waals surface area contributed by atoms with Gasteiger partial charge in [0, 0.05) is 23.9 Å². The predicted molar refractivity (Wildman–Crippen MR) is 111 cm³/mol. The van der Waals surface area contributed by atoms with Crippen LogP contribution in [-0.2, 0) is 9.53 Å². The lowest BCUT2D eigenvalue weighted by Crippen LogP contribution is -2.31. The van der Waals surface area contributed by atoms with Crippen LogP contribution in [-0.4, -0.2) is 34.1 Å². The second kappa shape index (κ2) is 8.41. The van der Waals surface area contributed by atoms with Crippen LogP contribution in [0.5, 0.6) is 5.75 Å². The Hall–Kier alpha value is -2.60. The average Bonchev–Trinajstić information content (AvgIpc) is 3.08. The molecule has 0 saturated heterocycles. The molecule has 152 valence electrons. The first-order valence-electron chi connectivity index (χ1n) is 9.95. The summed E-state index contributed by atoms with van der Waals surface area (Å²) in [6.45, 7) is 2.83. The third kappa shape index (κ3) is 3.81. The minimum absolute atomic E-state index is 0.0617. The van der Waals surface area contributed by atoms with Crippen LogP contribution in [0, 0.1) is 5.92 Å². The van der Waals surface area contributed by atoms with E-state index in [1.54, 1.807) is 6.20 Å². The summed E-state index contributed by atoms with van der Waals surface area (Å²) in [6, 6.07) is 7.90. The smallest absolute Gasteiger partial charge is 0.308 e. The molecule has 0 N–H and O–H groups in total. The maximum Gasteiger partial charge on any atom is 0.308 e. The number of nitrogens with zero attached hydrogens (tertiary/aromatic N) is 3. The number of aromatic nitrogens is 3. The average molecular weight is 414 g/mol. The summed E-state index contributed by atoms with van der Waals surface area (Å²) < 4.78 is 12.7. The fourth-order valence-corrected chi connectivity index (χ4v) is 4.01. The standard InChI is InChI=1S/C22H24ClN3O3/c1-3-4-10-29-17-7-5-6-14(13-17)18-19-20(23)24-8-9-26(19)21(25-18)15-11-16(12-15)22(27)28-2/h5-9,13,15-16H,3-4,10-12H2,1-2H3/t15-,16+. The van der Waals surface area contributed by atoms with E-state index in [4.69, 9.17) is 26.1 Å². The largest absolute Gasteiger partial charge is 0.494 e. The zero-order valence-electron chi connectivity index (χ0n) is 16.6. The van der Waals surface area contributed by atoms with Gasteiger partial charge in [0.2, 0.25) is 0 Å². The summed E-state index contributed by atoms with van der Waals surface area (Å²) in [6.07, 6.45) is 7.10. The molecule has 6 nitrogen and oxygen atoms in total. The van der Waals surface area contributed by atoms with Gasteiger partial charge in [0.1, 0.15) is 17.1 Å². The van der Waals surface area contributed by atoms with Crippen molar-refractivity contribution in [2.45, 2.75) is 38.5 Å². The van der Waals surface area contributed by atoms with Gasteiger partial charge in [-0.1, -0.05) is 37.1 Å². The number of carbonyl (C=O) groups excluding carboxylic acids is 1. The highest BCUT2D eigenvalue weighted by Gasteiger charge is 2.39. The Morgan fingerprint density at radius 3 is 2.93 bits per heavy atom. The van der Waals surface area contributed by atoms with Gasteiger partial charge in [0.05, 0.1) is 25.3 Å². The molecule has 4 rings (SSSR count). The molecule has 0 amide bonds. The Balaban J connectivity index is 1.69. The molecule has 1 saturated carbocycles. The number of fused-ring (bicyclic) bond motifs is 1. The summed E-state index contributed by atoms with van der Waals surface area (Å²) >= 11 is 6.46. The zero-order valence-corrected chi connectivity index (χ0v) is 17.4. The minimum atomic E-state index is -0.154. The number of carbonyl (C=O) groups is 1. The topological polar surface area (TPSA) is 65.7 Å². The molecule has 7 heteroatoms. The van der Waals surface area contributed by atoms with Crippen molar-refractivity contribution in [3.63, 3.8) is 0 Å².